The van der Waals surface area contributed by atoms with E-state index < -0.39 is 15.9 Å². The van der Waals surface area contributed by atoms with Gasteiger partial charge >= 0.3 is 0 Å². The molecule has 0 spiro atoms. The molecule has 0 saturated carbocycles. The molecule has 0 bridgehead atoms. The van der Waals surface area contributed by atoms with Gasteiger partial charge in [-0.3, -0.25) is 4.79 Å². The number of sulfonamides is 1. The van der Waals surface area contributed by atoms with Crippen molar-refractivity contribution in [1.82, 2.24) is 9.62 Å². The molecule has 30 heavy (non-hydrogen) atoms. The number of hydrogen-bond acceptors (Lipinski definition) is 6. The molecule has 1 atom stereocenters. The van der Waals surface area contributed by atoms with E-state index in [0.29, 0.717) is 11.5 Å². The van der Waals surface area contributed by atoms with Gasteiger partial charge in [-0.2, -0.15) is 4.31 Å². The van der Waals surface area contributed by atoms with Crippen molar-refractivity contribution in [3.63, 3.8) is 0 Å². The first-order valence-electron chi connectivity index (χ1n) is 9.35. The Morgan fingerprint density at radius 1 is 1.07 bits per heavy atom. The summed E-state index contributed by atoms with van der Waals surface area (Å²) >= 11 is 0. The zero-order valence-electron chi connectivity index (χ0n) is 17.8. The average molecular weight is 437 g/mol. The highest BCUT2D eigenvalue weighted by atomic mass is 32.2. The highest BCUT2D eigenvalue weighted by molar-refractivity contribution is 7.89. The van der Waals surface area contributed by atoms with Crippen LogP contribution in [0.3, 0.4) is 0 Å². The normalized spacial score (nSPS) is 12.3. The van der Waals surface area contributed by atoms with Crippen molar-refractivity contribution in [2.45, 2.75) is 24.8 Å². The van der Waals surface area contributed by atoms with Gasteiger partial charge in [0.2, 0.25) is 15.9 Å². The fourth-order valence-electron chi connectivity index (χ4n) is 2.74. The fourth-order valence-corrected chi connectivity index (χ4v) is 3.88. The lowest BCUT2D eigenvalue weighted by Crippen LogP contribution is -2.43. The molecule has 0 aliphatic carbocycles. The van der Waals surface area contributed by atoms with Crippen LogP contribution in [0.5, 0.6) is 17.2 Å². The minimum absolute atomic E-state index is 0.00591. The molecule has 1 amide bonds. The molecule has 164 valence electrons. The van der Waals surface area contributed by atoms with Gasteiger partial charge in [-0.1, -0.05) is 18.2 Å². The highest BCUT2D eigenvalue weighted by Gasteiger charge is 2.25. The molecule has 9 heteroatoms. The van der Waals surface area contributed by atoms with Gasteiger partial charge in [-0.25, -0.2) is 8.42 Å². The Morgan fingerprint density at radius 2 is 1.73 bits per heavy atom. The molecule has 0 fully saturated rings. The summed E-state index contributed by atoms with van der Waals surface area (Å²) in [5.74, 6) is 1.02. The smallest absolute Gasteiger partial charge is 0.243 e. The van der Waals surface area contributed by atoms with E-state index in [-0.39, 0.29) is 24.1 Å². The Balaban J connectivity index is 1.96. The molecule has 0 saturated heterocycles. The topological polar surface area (TPSA) is 94.2 Å². The summed E-state index contributed by atoms with van der Waals surface area (Å²) in [5, 5.41) is 2.75. The van der Waals surface area contributed by atoms with Gasteiger partial charge in [0.25, 0.3) is 0 Å². The second-order valence-electron chi connectivity index (χ2n) is 6.82. The van der Waals surface area contributed by atoms with Gasteiger partial charge in [0.15, 0.2) is 11.5 Å². The van der Waals surface area contributed by atoms with Crippen molar-refractivity contribution < 1.29 is 27.4 Å². The zero-order chi connectivity index (χ0) is 22.3. The van der Waals surface area contributed by atoms with Gasteiger partial charge in [0.05, 0.1) is 31.7 Å². The first kappa shape index (κ1) is 23.5. The molecule has 0 radical (unpaired) electrons. The quantitative estimate of drug-likeness (QED) is 0.614. The number of likely N-dealkylation sites (N-methyl/N-ethyl adjacent to an activating group) is 1. The lowest BCUT2D eigenvalue weighted by molar-refractivity contribution is -0.121. The molecule has 0 unspecified atom stereocenters. The summed E-state index contributed by atoms with van der Waals surface area (Å²) in [7, 11) is 0.352. The Labute approximate surface area is 177 Å². The number of amides is 1. The number of carbonyl (C=O) groups is 1. The van der Waals surface area contributed by atoms with Gasteiger partial charge in [0.1, 0.15) is 12.4 Å². The SMILES string of the molecule is COc1ccc(S(=O)(=O)N(C)CC(=O)N[C@@H](C)COc2ccccc2C)cc1OC. The van der Waals surface area contributed by atoms with Crippen LogP contribution in [0.2, 0.25) is 0 Å². The number of carbonyl (C=O) groups excluding carboxylic acids is 1. The first-order valence-corrected chi connectivity index (χ1v) is 10.8. The van der Waals surface area contributed by atoms with Crippen LogP contribution in [0.25, 0.3) is 0 Å². The summed E-state index contributed by atoms with van der Waals surface area (Å²) in [5.41, 5.74) is 0.997. The Bertz CT molecular complexity index is 977. The Morgan fingerprint density at radius 3 is 2.37 bits per heavy atom. The average Bonchev–Trinajstić information content (AvgIpc) is 2.72. The number of benzene rings is 2. The summed E-state index contributed by atoms with van der Waals surface area (Å²) < 4.78 is 42.6. The predicted molar refractivity (Wildman–Crippen MR) is 114 cm³/mol. The highest BCUT2D eigenvalue weighted by Crippen LogP contribution is 2.30. The summed E-state index contributed by atoms with van der Waals surface area (Å²) in [6, 6.07) is 11.6. The van der Waals surface area contributed by atoms with Crippen LogP contribution < -0.4 is 19.5 Å². The largest absolute Gasteiger partial charge is 0.493 e. The molecular formula is C21H28N2O6S. The monoisotopic (exact) mass is 436 g/mol. The lowest BCUT2D eigenvalue weighted by Gasteiger charge is -2.20. The number of ether oxygens (including phenoxy) is 3. The predicted octanol–water partition coefficient (Wildman–Crippen LogP) is 2.22. The van der Waals surface area contributed by atoms with Crippen LogP contribution in [0.15, 0.2) is 47.4 Å². The third-order valence-corrected chi connectivity index (χ3v) is 6.22. The van der Waals surface area contributed by atoms with Crippen molar-refractivity contribution in [1.29, 1.82) is 0 Å². The number of rotatable bonds is 10. The van der Waals surface area contributed by atoms with Crippen LogP contribution in [0.4, 0.5) is 0 Å². The number of para-hydroxylation sites is 1. The third kappa shape index (κ3) is 5.87. The second kappa shape index (κ2) is 10.3. The van der Waals surface area contributed by atoms with Crippen molar-refractivity contribution in [3.8, 4) is 17.2 Å². The maximum absolute atomic E-state index is 12.8. The molecule has 2 rings (SSSR count). The van der Waals surface area contributed by atoms with E-state index in [4.69, 9.17) is 14.2 Å². The van der Waals surface area contributed by atoms with E-state index >= 15 is 0 Å². The van der Waals surface area contributed by atoms with Crippen LogP contribution >= 0.6 is 0 Å². The van der Waals surface area contributed by atoms with Gasteiger partial charge in [-0.05, 0) is 37.6 Å². The van der Waals surface area contributed by atoms with Crippen molar-refractivity contribution >= 4 is 15.9 Å². The minimum Gasteiger partial charge on any atom is -0.493 e. The van der Waals surface area contributed by atoms with Crippen molar-refractivity contribution in [2.24, 2.45) is 0 Å². The maximum Gasteiger partial charge on any atom is 0.243 e. The fraction of sp³-hybridized carbons (Fsp3) is 0.381. The minimum atomic E-state index is -3.88. The van der Waals surface area contributed by atoms with Crippen LogP contribution in [-0.4, -0.2) is 59.1 Å². The molecule has 2 aromatic rings. The number of hydrogen-bond donors (Lipinski definition) is 1. The number of nitrogens with zero attached hydrogens (tertiary/aromatic N) is 1. The number of aryl methyl sites for hydroxylation is 1. The van der Waals surface area contributed by atoms with Gasteiger partial charge < -0.3 is 19.5 Å². The molecule has 8 nitrogen and oxygen atoms in total. The molecule has 0 aromatic heterocycles. The first-order chi connectivity index (χ1) is 14.2. The third-order valence-electron chi connectivity index (χ3n) is 4.42. The van der Waals surface area contributed by atoms with E-state index in [2.05, 4.69) is 5.32 Å². The molecular weight excluding hydrogens is 408 g/mol. The molecule has 2 aromatic carbocycles. The van der Waals surface area contributed by atoms with Crippen molar-refractivity contribution in [2.75, 3.05) is 34.4 Å². The van der Waals surface area contributed by atoms with E-state index in [1.54, 1.807) is 6.92 Å². The second-order valence-corrected chi connectivity index (χ2v) is 8.87. The zero-order valence-corrected chi connectivity index (χ0v) is 18.7. The van der Waals surface area contributed by atoms with Crippen LogP contribution in [0.1, 0.15) is 12.5 Å². The number of methoxy groups -OCH3 is 2. The molecule has 0 aliphatic heterocycles. The van der Waals surface area contributed by atoms with E-state index in [1.165, 1.54) is 39.5 Å². The lowest BCUT2D eigenvalue weighted by atomic mass is 10.2. The van der Waals surface area contributed by atoms with E-state index in [1.807, 2.05) is 31.2 Å². The van der Waals surface area contributed by atoms with E-state index in [9.17, 15) is 13.2 Å². The van der Waals surface area contributed by atoms with Crippen LogP contribution in [-0.2, 0) is 14.8 Å². The van der Waals surface area contributed by atoms with Gasteiger partial charge in [-0.15, -0.1) is 0 Å². The summed E-state index contributed by atoms with van der Waals surface area (Å²) in [6.45, 7) is 3.67. The van der Waals surface area contributed by atoms with E-state index in [0.717, 1.165) is 15.6 Å². The summed E-state index contributed by atoms with van der Waals surface area (Å²) in [4.78, 5) is 12.3. The van der Waals surface area contributed by atoms with Crippen LogP contribution in [0, 0.1) is 6.92 Å². The Kier molecular flexibility index (Phi) is 8.08. The Hall–Kier alpha value is -2.78. The van der Waals surface area contributed by atoms with Gasteiger partial charge in [0, 0.05) is 13.1 Å². The standard InChI is InChI=1S/C21H28N2O6S/c1-15-8-6-7-9-18(15)29-14-16(2)22-21(24)13-23(3)30(25,26)17-10-11-19(27-4)20(12-17)28-5/h6-12,16H,13-14H2,1-5H3,(H,22,24)/t16-/m0/s1. The molecule has 1 N–H and O–H groups in total. The molecule has 0 aliphatic rings. The maximum atomic E-state index is 12.8. The van der Waals surface area contributed by atoms with Crippen molar-refractivity contribution in [3.05, 3.63) is 48.0 Å². The number of nitrogens with one attached hydrogen (secondary N) is 1. The summed E-state index contributed by atoms with van der Waals surface area (Å²) in [6.07, 6.45) is 0. The molecule has 0 heterocycles.